The third kappa shape index (κ3) is 4.04. The summed E-state index contributed by atoms with van der Waals surface area (Å²) in [6.07, 6.45) is 0. The molecular weight excluding hydrogens is 230 g/mol. The van der Waals surface area contributed by atoms with Crippen LogP contribution in [-0.4, -0.2) is 32.3 Å². The van der Waals surface area contributed by atoms with Gasteiger partial charge in [-0.05, 0) is 43.7 Å². The highest BCUT2D eigenvalue weighted by atomic mass is 16.5. The van der Waals surface area contributed by atoms with Gasteiger partial charge in [0.1, 0.15) is 18.4 Å². The predicted molar refractivity (Wildman–Crippen MR) is 70.9 cm³/mol. The summed E-state index contributed by atoms with van der Waals surface area (Å²) in [5.41, 5.74) is 2.39. The average Bonchev–Trinajstić information content (AvgIpc) is 2.37. The van der Waals surface area contributed by atoms with Gasteiger partial charge in [-0.1, -0.05) is 13.0 Å². The van der Waals surface area contributed by atoms with Crippen molar-refractivity contribution in [3.63, 3.8) is 0 Å². The molecule has 0 heterocycles. The maximum Gasteiger partial charge on any atom is 0.326 e. The van der Waals surface area contributed by atoms with E-state index in [1.54, 1.807) is 0 Å². The van der Waals surface area contributed by atoms with Crippen LogP contribution in [0, 0.1) is 13.8 Å². The fourth-order valence-electron chi connectivity index (χ4n) is 1.58. The normalized spacial score (nSPS) is 12.0. The molecule has 0 fully saturated rings. The SMILES string of the molecule is CCNC(COc1ccc(C)c(C)c1)C(=O)OC. The van der Waals surface area contributed by atoms with Gasteiger partial charge in [0, 0.05) is 0 Å². The van der Waals surface area contributed by atoms with Crippen molar-refractivity contribution < 1.29 is 14.3 Å². The second-order valence-electron chi connectivity index (χ2n) is 4.19. The number of likely N-dealkylation sites (N-methyl/N-ethyl adjacent to an activating group) is 1. The Morgan fingerprint density at radius 1 is 1.33 bits per heavy atom. The molecule has 100 valence electrons. The summed E-state index contributed by atoms with van der Waals surface area (Å²) in [7, 11) is 1.38. The lowest BCUT2D eigenvalue weighted by Gasteiger charge is -2.16. The van der Waals surface area contributed by atoms with Gasteiger partial charge in [0.25, 0.3) is 0 Å². The number of carbonyl (C=O) groups is 1. The van der Waals surface area contributed by atoms with E-state index >= 15 is 0 Å². The molecule has 4 heteroatoms. The van der Waals surface area contributed by atoms with E-state index in [1.165, 1.54) is 18.2 Å². The predicted octanol–water partition coefficient (Wildman–Crippen LogP) is 1.83. The molecule has 0 amide bonds. The van der Waals surface area contributed by atoms with Crippen LogP contribution in [0.5, 0.6) is 5.75 Å². The van der Waals surface area contributed by atoms with Crippen molar-refractivity contribution in [2.45, 2.75) is 26.8 Å². The Bertz CT molecular complexity index is 404. The Labute approximate surface area is 108 Å². The lowest BCUT2D eigenvalue weighted by atomic mass is 10.1. The maximum absolute atomic E-state index is 11.5. The summed E-state index contributed by atoms with van der Waals surface area (Å²) in [5, 5.41) is 3.03. The van der Waals surface area contributed by atoms with Gasteiger partial charge in [0.15, 0.2) is 0 Å². The highest BCUT2D eigenvalue weighted by molar-refractivity contribution is 5.75. The Balaban J connectivity index is 2.60. The van der Waals surface area contributed by atoms with E-state index in [0.29, 0.717) is 6.54 Å². The van der Waals surface area contributed by atoms with Crippen LogP contribution in [0.4, 0.5) is 0 Å². The molecule has 0 saturated heterocycles. The number of hydrogen-bond donors (Lipinski definition) is 1. The molecule has 1 aromatic rings. The highest BCUT2D eigenvalue weighted by Gasteiger charge is 2.18. The third-order valence-electron chi connectivity index (χ3n) is 2.83. The highest BCUT2D eigenvalue weighted by Crippen LogP contribution is 2.16. The Morgan fingerprint density at radius 2 is 2.06 bits per heavy atom. The van der Waals surface area contributed by atoms with Crippen molar-refractivity contribution >= 4 is 5.97 Å². The van der Waals surface area contributed by atoms with Crippen molar-refractivity contribution in [1.29, 1.82) is 0 Å². The lowest BCUT2D eigenvalue weighted by Crippen LogP contribution is -2.42. The van der Waals surface area contributed by atoms with E-state index < -0.39 is 6.04 Å². The Kier molecular flexibility index (Phi) is 5.65. The largest absolute Gasteiger partial charge is 0.491 e. The van der Waals surface area contributed by atoms with Crippen molar-refractivity contribution in [1.82, 2.24) is 5.32 Å². The Morgan fingerprint density at radius 3 is 2.61 bits per heavy atom. The lowest BCUT2D eigenvalue weighted by molar-refractivity contribution is -0.143. The summed E-state index contributed by atoms with van der Waals surface area (Å²) in [6, 6.07) is 5.45. The molecule has 4 nitrogen and oxygen atoms in total. The molecular formula is C14H21NO3. The van der Waals surface area contributed by atoms with Gasteiger partial charge in [0.05, 0.1) is 7.11 Å². The van der Waals surface area contributed by atoms with Crippen LogP contribution in [0.3, 0.4) is 0 Å². The van der Waals surface area contributed by atoms with Crippen LogP contribution in [0.2, 0.25) is 0 Å². The minimum absolute atomic E-state index is 0.267. The van der Waals surface area contributed by atoms with Gasteiger partial charge in [-0.25, -0.2) is 0 Å². The van der Waals surface area contributed by atoms with Crippen molar-refractivity contribution in [3.05, 3.63) is 29.3 Å². The summed E-state index contributed by atoms with van der Waals surface area (Å²) in [6.45, 7) is 6.98. The molecule has 1 aromatic carbocycles. The number of carbonyl (C=O) groups excluding carboxylic acids is 1. The second kappa shape index (κ2) is 7.01. The molecule has 0 aliphatic carbocycles. The number of esters is 1. The first-order chi connectivity index (χ1) is 8.58. The molecule has 1 atom stereocenters. The van der Waals surface area contributed by atoms with Crippen LogP contribution in [0.1, 0.15) is 18.1 Å². The molecule has 0 spiro atoms. The molecule has 1 rings (SSSR count). The summed E-state index contributed by atoms with van der Waals surface area (Å²) in [5.74, 6) is 0.464. The van der Waals surface area contributed by atoms with Crippen molar-refractivity contribution in [2.24, 2.45) is 0 Å². The topological polar surface area (TPSA) is 47.6 Å². The first-order valence-electron chi connectivity index (χ1n) is 6.09. The quantitative estimate of drug-likeness (QED) is 0.784. The van der Waals surface area contributed by atoms with Crippen LogP contribution in [0.15, 0.2) is 18.2 Å². The standard InChI is InChI=1S/C14H21NO3/c1-5-15-13(14(16)17-4)9-18-12-7-6-10(2)11(3)8-12/h6-8,13,15H,5,9H2,1-4H3. The van der Waals surface area contributed by atoms with E-state index in [0.717, 1.165) is 5.75 Å². The maximum atomic E-state index is 11.5. The Hall–Kier alpha value is -1.55. The molecule has 1 N–H and O–H groups in total. The number of aryl methyl sites for hydroxylation is 2. The summed E-state index contributed by atoms with van der Waals surface area (Å²) < 4.78 is 10.3. The van der Waals surface area contributed by atoms with Crippen LogP contribution >= 0.6 is 0 Å². The van der Waals surface area contributed by atoms with Gasteiger partial charge in [-0.15, -0.1) is 0 Å². The first-order valence-corrected chi connectivity index (χ1v) is 6.09. The molecule has 0 radical (unpaired) electrons. The molecule has 1 unspecified atom stereocenters. The average molecular weight is 251 g/mol. The minimum atomic E-state index is -0.429. The summed E-state index contributed by atoms with van der Waals surface area (Å²) >= 11 is 0. The van der Waals surface area contributed by atoms with Crippen LogP contribution in [0.25, 0.3) is 0 Å². The van der Waals surface area contributed by atoms with E-state index in [2.05, 4.69) is 12.2 Å². The number of benzene rings is 1. The van der Waals surface area contributed by atoms with E-state index in [-0.39, 0.29) is 12.6 Å². The number of ether oxygens (including phenoxy) is 2. The van der Waals surface area contributed by atoms with Gasteiger partial charge in [0.2, 0.25) is 0 Å². The molecule has 18 heavy (non-hydrogen) atoms. The minimum Gasteiger partial charge on any atom is -0.491 e. The monoisotopic (exact) mass is 251 g/mol. The zero-order valence-electron chi connectivity index (χ0n) is 11.4. The van der Waals surface area contributed by atoms with Crippen LogP contribution in [-0.2, 0) is 9.53 Å². The number of rotatable bonds is 6. The zero-order chi connectivity index (χ0) is 13.5. The van der Waals surface area contributed by atoms with Crippen molar-refractivity contribution in [3.8, 4) is 5.75 Å². The molecule has 0 saturated carbocycles. The smallest absolute Gasteiger partial charge is 0.326 e. The number of methoxy groups -OCH3 is 1. The number of nitrogens with one attached hydrogen (secondary N) is 1. The van der Waals surface area contributed by atoms with E-state index in [1.807, 2.05) is 32.0 Å². The van der Waals surface area contributed by atoms with Gasteiger partial charge in [-0.2, -0.15) is 0 Å². The van der Waals surface area contributed by atoms with E-state index in [9.17, 15) is 4.79 Å². The van der Waals surface area contributed by atoms with E-state index in [4.69, 9.17) is 9.47 Å². The second-order valence-corrected chi connectivity index (χ2v) is 4.19. The summed E-state index contributed by atoms with van der Waals surface area (Å²) in [4.78, 5) is 11.5. The van der Waals surface area contributed by atoms with Gasteiger partial charge in [-0.3, -0.25) is 4.79 Å². The zero-order valence-corrected chi connectivity index (χ0v) is 11.4. The molecule has 0 aliphatic rings. The van der Waals surface area contributed by atoms with Gasteiger partial charge >= 0.3 is 5.97 Å². The number of hydrogen-bond acceptors (Lipinski definition) is 4. The third-order valence-corrected chi connectivity index (χ3v) is 2.83. The fraction of sp³-hybridized carbons (Fsp3) is 0.500. The molecule has 0 aliphatic heterocycles. The molecule has 0 aromatic heterocycles. The van der Waals surface area contributed by atoms with Gasteiger partial charge < -0.3 is 14.8 Å². The van der Waals surface area contributed by atoms with Crippen molar-refractivity contribution in [2.75, 3.05) is 20.3 Å². The first kappa shape index (κ1) is 14.5. The fourth-order valence-corrected chi connectivity index (χ4v) is 1.58. The van der Waals surface area contributed by atoms with Crippen LogP contribution < -0.4 is 10.1 Å². The molecule has 0 bridgehead atoms.